The number of aryl methyl sites for hydroxylation is 2. The summed E-state index contributed by atoms with van der Waals surface area (Å²) in [7, 11) is 0. The maximum atomic E-state index is 10.8. The first-order valence-corrected chi connectivity index (χ1v) is 9.67. The molecule has 29 heavy (non-hydrogen) atoms. The number of non-ortho nitro benzene ring substituents is 1. The van der Waals surface area contributed by atoms with E-state index < -0.39 is 4.92 Å². The topological polar surface area (TPSA) is 113 Å². The zero-order valence-corrected chi connectivity index (χ0v) is 16.5. The van der Waals surface area contributed by atoms with Crippen molar-refractivity contribution in [2.45, 2.75) is 24.8 Å². The molecule has 0 amide bonds. The second kappa shape index (κ2) is 7.84. The minimum Gasteiger partial charge on any atom is -0.420 e. The van der Waals surface area contributed by atoms with Crippen molar-refractivity contribution in [3.8, 4) is 17.1 Å². The Morgan fingerprint density at radius 1 is 1.10 bits per heavy atom. The Balaban J connectivity index is 1.48. The molecule has 2 aromatic heterocycles. The summed E-state index contributed by atoms with van der Waals surface area (Å²) in [6.07, 6.45) is 1.68. The Bertz CT molecular complexity index is 1170. The summed E-state index contributed by atoms with van der Waals surface area (Å²) in [4.78, 5) is 10.3. The second-order valence-electron chi connectivity index (χ2n) is 6.37. The normalized spacial score (nSPS) is 11.0. The van der Waals surface area contributed by atoms with Gasteiger partial charge in [-0.1, -0.05) is 29.5 Å². The van der Waals surface area contributed by atoms with Gasteiger partial charge < -0.3 is 4.42 Å². The lowest BCUT2D eigenvalue weighted by Crippen LogP contribution is -1.98. The monoisotopic (exact) mass is 408 g/mol. The number of rotatable bonds is 6. The van der Waals surface area contributed by atoms with Crippen LogP contribution in [0.15, 0.2) is 58.4 Å². The van der Waals surface area contributed by atoms with Crippen molar-refractivity contribution < 1.29 is 9.34 Å². The fourth-order valence-corrected chi connectivity index (χ4v) is 3.60. The lowest BCUT2D eigenvalue weighted by Gasteiger charge is -2.09. The van der Waals surface area contributed by atoms with E-state index in [1.807, 2.05) is 23.6 Å². The van der Waals surface area contributed by atoms with Gasteiger partial charge in [0, 0.05) is 17.7 Å². The van der Waals surface area contributed by atoms with E-state index in [2.05, 4.69) is 33.4 Å². The van der Waals surface area contributed by atoms with Gasteiger partial charge in [-0.15, -0.1) is 20.4 Å². The number of aromatic nitrogens is 5. The van der Waals surface area contributed by atoms with Gasteiger partial charge >= 0.3 is 0 Å². The van der Waals surface area contributed by atoms with Gasteiger partial charge in [-0.2, -0.15) is 0 Å². The highest BCUT2D eigenvalue weighted by atomic mass is 32.2. The first-order chi connectivity index (χ1) is 14.0. The number of nitrogens with zero attached hydrogens (tertiary/aromatic N) is 6. The van der Waals surface area contributed by atoms with E-state index in [1.165, 1.54) is 29.5 Å². The molecule has 0 atom stereocenters. The minimum absolute atomic E-state index is 0.00906. The molecule has 0 aliphatic heterocycles. The molecule has 10 heteroatoms. The van der Waals surface area contributed by atoms with Gasteiger partial charge in [0.05, 0.1) is 16.4 Å². The first kappa shape index (κ1) is 18.8. The molecular weight excluding hydrogens is 392 g/mol. The zero-order chi connectivity index (χ0) is 20.4. The van der Waals surface area contributed by atoms with Crippen LogP contribution in [-0.4, -0.2) is 29.9 Å². The zero-order valence-electron chi connectivity index (χ0n) is 15.6. The SMILES string of the molecule is Cc1ccc(-n2cnnc2SCc2nnc(-c3ccc([N+](=O)[O-])cc3)o2)c(C)c1. The molecule has 146 valence electrons. The van der Waals surface area contributed by atoms with Gasteiger partial charge in [0.15, 0.2) is 5.16 Å². The van der Waals surface area contributed by atoms with Crippen LogP contribution in [0.3, 0.4) is 0 Å². The molecule has 0 aliphatic rings. The van der Waals surface area contributed by atoms with Crippen LogP contribution in [0.25, 0.3) is 17.1 Å². The van der Waals surface area contributed by atoms with Crippen LogP contribution in [0.1, 0.15) is 17.0 Å². The van der Waals surface area contributed by atoms with Crippen LogP contribution >= 0.6 is 11.8 Å². The Morgan fingerprint density at radius 3 is 2.62 bits per heavy atom. The lowest BCUT2D eigenvalue weighted by atomic mass is 10.1. The van der Waals surface area contributed by atoms with Gasteiger partial charge in [-0.3, -0.25) is 14.7 Å². The molecular formula is C19H16N6O3S. The minimum atomic E-state index is -0.453. The Hall–Kier alpha value is -3.53. The molecule has 0 fully saturated rings. The average Bonchev–Trinajstić information content (AvgIpc) is 3.36. The van der Waals surface area contributed by atoms with E-state index in [-0.39, 0.29) is 5.69 Å². The van der Waals surface area contributed by atoms with Crippen molar-refractivity contribution >= 4 is 17.4 Å². The van der Waals surface area contributed by atoms with Crippen molar-refractivity contribution in [3.05, 3.63) is 75.9 Å². The number of nitro groups is 1. The maximum absolute atomic E-state index is 10.8. The van der Waals surface area contributed by atoms with E-state index in [4.69, 9.17) is 4.42 Å². The van der Waals surface area contributed by atoms with Gasteiger partial charge in [0.2, 0.25) is 11.8 Å². The molecule has 9 nitrogen and oxygen atoms in total. The quantitative estimate of drug-likeness (QED) is 0.266. The molecule has 2 heterocycles. The Labute approximate surface area is 170 Å². The number of thioether (sulfide) groups is 1. The molecule has 0 unspecified atom stereocenters. The fraction of sp³-hybridized carbons (Fsp3) is 0.158. The highest BCUT2D eigenvalue weighted by Crippen LogP contribution is 2.27. The molecule has 4 aromatic rings. The van der Waals surface area contributed by atoms with Crippen LogP contribution in [0.2, 0.25) is 0 Å². The predicted molar refractivity (Wildman–Crippen MR) is 107 cm³/mol. The van der Waals surface area contributed by atoms with Crippen molar-refractivity contribution in [2.75, 3.05) is 0 Å². The molecule has 0 saturated heterocycles. The molecule has 2 aromatic carbocycles. The average molecular weight is 408 g/mol. The molecule has 0 spiro atoms. The summed E-state index contributed by atoms with van der Waals surface area (Å²) < 4.78 is 7.61. The summed E-state index contributed by atoms with van der Waals surface area (Å²) in [5.74, 6) is 1.16. The van der Waals surface area contributed by atoms with Crippen LogP contribution in [0, 0.1) is 24.0 Å². The fourth-order valence-electron chi connectivity index (χ4n) is 2.84. The highest BCUT2D eigenvalue weighted by molar-refractivity contribution is 7.98. The van der Waals surface area contributed by atoms with E-state index in [1.54, 1.807) is 18.5 Å². The van der Waals surface area contributed by atoms with Crippen molar-refractivity contribution in [3.63, 3.8) is 0 Å². The molecule has 0 N–H and O–H groups in total. The summed E-state index contributed by atoms with van der Waals surface area (Å²) in [5, 5.41) is 27.8. The van der Waals surface area contributed by atoms with E-state index in [0.717, 1.165) is 11.3 Å². The van der Waals surface area contributed by atoms with E-state index in [9.17, 15) is 10.1 Å². The van der Waals surface area contributed by atoms with Crippen molar-refractivity contribution in [2.24, 2.45) is 0 Å². The molecule has 0 saturated carbocycles. The summed E-state index contributed by atoms with van der Waals surface area (Å²) in [6.45, 7) is 4.10. The predicted octanol–water partition coefficient (Wildman–Crippen LogP) is 4.13. The second-order valence-corrected chi connectivity index (χ2v) is 7.31. The van der Waals surface area contributed by atoms with Gasteiger partial charge in [-0.25, -0.2) is 0 Å². The first-order valence-electron chi connectivity index (χ1n) is 8.69. The number of hydrogen-bond acceptors (Lipinski definition) is 8. The number of nitro benzene ring substituents is 1. The van der Waals surface area contributed by atoms with E-state index >= 15 is 0 Å². The highest BCUT2D eigenvalue weighted by Gasteiger charge is 2.14. The largest absolute Gasteiger partial charge is 0.420 e. The third kappa shape index (κ3) is 4.02. The molecule has 0 aliphatic carbocycles. The van der Waals surface area contributed by atoms with Gasteiger partial charge in [0.1, 0.15) is 6.33 Å². The van der Waals surface area contributed by atoms with Gasteiger partial charge in [0.25, 0.3) is 5.69 Å². The van der Waals surface area contributed by atoms with Gasteiger partial charge in [-0.05, 0) is 37.6 Å². The summed E-state index contributed by atoms with van der Waals surface area (Å²) >= 11 is 1.43. The van der Waals surface area contributed by atoms with Crippen LogP contribution in [0.4, 0.5) is 5.69 Å². The van der Waals surface area contributed by atoms with Crippen molar-refractivity contribution in [1.29, 1.82) is 0 Å². The molecule has 0 bridgehead atoms. The third-order valence-electron chi connectivity index (χ3n) is 4.24. The Kier molecular flexibility index (Phi) is 5.09. The molecule has 4 rings (SSSR count). The van der Waals surface area contributed by atoms with Crippen LogP contribution in [-0.2, 0) is 5.75 Å². The lowest BCUT2D eigenvalue weighted by molar-refractivity contribution is -0.384. The number of benzene rings is 2. The standard InChI is InChI=1S/C19H16N6O3S/c1-12-3-8-16(13(2)9-12)24-11-20-23-19(24)29-10-17-21-22-18(28-17)14-4-6-15(7-5-14)25(26)27/h3-9,11H,10H2,1-2H3. The van der Waals surface area contributed by atoms with Crippen molar-refractivity contribution in [1.82, 2.24) is 25.0 Å². The summed E-state index contributed by atoms with van der Waals surface area (Å²) in [6, 6.07) is 12.2. The smallest absolute Gasteiger partial charge is 0.269 e. The van der Waals surface area contributed by atoms with E-state index in [0.29, 0.717) is 28.3 Å². The summed E-state index contributed by atoms with van der Waals surface area (Å²) in [5.41, 5.74) is 3.97. The van der Waals surface area contributed by atoms with Crippen LogP contribution in [0.5, 0.6) is 0 Å². The maximum Gasteiger partial charge on any atom is 0.269 e. The third-order valence-corrected chi connectivity index (χ3v) is 5.17. The molecule has 0 radical (unpaired) electrons. The number of hydrogen-bond donors (Lipinski definition) is 0. The van der Waals surface area contributed by atoms with Crippen LogP contribution < -0.4 is 0 Å². The Morgan fingerprint density at radius 2 is 1.90 bits per heavy atom.